The van der Waals surface area contributed by atoms with Crippen molar-refractivity contribution in [3.05, 3.63) is 29.7 Å². The highest BCUT2D eigenvalue weighted by Crippen LogP contribution is 2.42. The van der Waals surface area contributed by atoms with E-state index in [0.717, 1.165) is 23.6 Å². The molecule has 2 aromatic rings. The number of aromatic nitrogens is 2. The molecule has 1 unspecified atom stereocenters. The lowest BCUT2D eigenvalue weighted by Crippen LogP contribution is -2.45. The molecule has 12 heteroatoms. The highest BCUT2D eigenvalue weighted by molar-refractivity contribution is 7.19. The molecule has 0 aromatic carbocycles. The lowest BCUT2D eigenvalue weighted by Gasteiger charge is -2.23. The number of anilines is 1. The van der Waals surface area contributed by atoms with E-state index in [4.69, 9.17) is 5.73 Å². The second-order valence-corrected chi connectivity index (χ2v) is 8.05. The van der Waals surface area contributed by atoms with Gasteiger partial charge in [0.2, 0.25) is 11.6 Å². The highest BCUT2D eigenvalue weighted by Gasteiger charge is 2.54. The van der Waals surface area contributed by atoms with E-state index in [-0.39, 0.29) is 5.13 Å². The first kappa shape index (κ1) is 21.9. The predicted molar refractivity (Wildman–Crippen MR) is 103 cm³/mol. The van der Waals surface area contributed by atoms with Crippen LogP contribution in [0, 0.1) is 6.92 Å². The Morgan fingerprint density at radius 1 is 1.33 bits per heavy atom. The van der Waals surface area contributed by atoms with E-state index in [2.05, 4.69) is 15.3 Å². The lowest BCUT2D eigenvalue weighted by atomic mass is 10.0. The lowest BCUT2D eigenvalue weighted by molar-refractivity contribution is -0.230. The standard InChI is InChI=1S/C18H19F4N5O2S/c1-9-13(10-5-6-24-12(8-10)17(2,19)18(20,21)22)30-15(25-9)26-16(29)27-7-3-4-11(27)14(23)28/h5-6,8,11H,3-4,7H2,1-2H3,(H2,23,28)(H,25,26,29)/t11-,17?/m0/s1. The van der Waals surface area contributed by atoms with Crippen molar-refractivity contribution in [3.8, 4) is 10.4 Å². The van der Waals surface area contributed by atoms with E-state index < -0.39 is 35.5 Å². The first-order valence-corrected chi connectivity index (χ1v) is 9.80. The SMILES string of the molecule is Cc1nc(NC(=O)N2CCC[C@H]2C(N)=O)sc1-c1ccnc(C(C)(F)C(F)(F)F)c1. The van der Waals surface area contributed by atoms with Gasteiger partial charge in [0.1, 0.15) is 6.04 Å². The van der Waals surface area contributed by atoms with Gasteiger partial charge in [-0.05, 0) is 44.4 Å². The number of carbonyl (C=O) groups is 2. The molecule has 162 valence electrons. The maximum atomic E-state index is 14.3. The number of likely N-dealkylation sites (tertiary alicyclic amines) is 1. The molecule has 0 spiro atoms. The van der Waals surface area contributed by atoms with Gasteiger partial charge in [0.15, 0.2) is 5.13 Å². The van der Waals surface area contributed by atoms with Gasteiger partial charge < -0.3 is 10.6 Å². The van der Waals surface area contributed by atoms with Crippen LogP contribution < -0.4 is 11.1 Å². The Bertz CT molecular complexity index is 976. The van der Waals surface area contributed by atoms with Crippen LogP contribution in [-0.2, 0) is 10.5 Å². The van der Waals surface area contributed by atoms with E-state index in [1.807, 2.05) is 0 Å². The molecule has 7 nitrogen and oxygen atoms in total. The third-order valence-electron chi connectivity index (χ3n) is 4.89. The predicted octanol–water partition coefficient (Wildman–Crippen LogP) is 3.74. The first-order valence-electron chi connectivity index (χ1n) is 8.98. The van der Waals surface area contributed by atoms with E-state index in [1.165, 1.54) is 11.0 Å². The number of urea groups is 1. The van der Waals surface area contributed by atoms with Gasteiger partial charge in [-0.3, -0.25) is 15.1 Å². The molecule has 3 heterocycles. The number of hydrogen-bond donors (Lipinski definition) is 2. The van der Waals surface area contributed by atoms with Crippen LogP contribution in [0.3, 0.4) is 0 Å². The minimum atomic E-state index is -5.12. The molecule has 0 bridgehead atoms. The molecule has 0 radical (unpaired) electrons. The van der Waals surface area contributed by atoms with Crippen molar-refractivity contribution in [2.24, 2.45) is 5.73 Å². The molecule has 3 N–H and O–H groups in total. The fourth-order valence-corrected chi connectivity index (χ4v) is 4.11. The number of carbonyl (C=O) groups excluding carboxylic acids is 2. The van der Waals surface area contributed by atoms with E-state index in [1.54, 1.807) is 6.92 Å². The van der Waals surface area contributed by atoms with Crippen LogP contribution in [0.1, 0.15) is 31.2 Å². The molecule has 3 amide bonds. The summed E-state index contributed by atoms with van der Waals surface area (Å²) >= 11 is 1.02. The van der Waals surface area contributed by atoms with Gasteiger partial charge in [-0.2, -0.15) is 13.2 Å². The number of nitrogens with zero attached hydrogens (tertiary/aromatic N) is 3. The summed E-state index contributed by atoms with van der Waals surface area (Å²) < 4.78 is 53.3. The quantitative estimate of drug-likeness (QED) is 0.700. The van der Waals surface area contributed by atoms with Crippen LogP contribution in [0.25, 0.3) is 10.4 Å². The Morgan fingerprint density at radius 3 is 2.67 bits per heavy atom. The number of amides is 3. The summed E-state index contributed by atoms with van der Waals surface area (Å²) in [5, 5.41) is 2.78. The molecule has 1 saturated heterocycles. The van der Waals surface area contributed by atoms with E-state index in [9.17, 15) is 27.2 Å². The van der Waals surface area contributed by atoms with Crippen molar-refractivity contribution in [3.63, 3.8) is 0 Å². The molecule has 0 aliphatic carbocycles. The van der Waals surface area contributed by atoms with E-state index >= 15 is 0 Å². The Hall–Kier alpha value is -2.76. The molecule has 1 fully saturated rings. The molecule has 1 aliphatic heterocycles. The Balaban J connectivity index is 1.84. The van der Waals surface area contributed by atoms with Crippen molar-refractivity contribution in [2.45, 2.75) is 44.6 Å². The fraction of sp³-hybridized carbons (Fsp3) is 0.444. The summed E-state index contributed by atoms with van der Waals surface area (Å²) in [7, 11) is 0. The number of halogens is 4. The van der Waals surface area contributed by atoms with Crippen LogP contribution in [0.5, 0.6) is 0 Å². The summed E-state index contributed by atoms with van der Waals surface area (Å²) in [5.74, 6) is -0.595. The number of nitrogens with one attached hydrogen (secondary N) is 1. The highest BCUT2D eigenvalue weighted by atomic mass is 32.1. The zero-order valence-corrected chi connectivity index (χ0v) is 16.9. The van der Waals surface area contributed by atoms with Gasteiger partial charge >= 0.3 is 12.2 Å². The van der Waals surface area contributed by atoms with Gasteiger partial charge in [-0.1, -0.05) is 11.3 Å². The maximum absolute atomic E-state index is 14.3. The molecule has 2 atom stereocenters. The first-order chi connectivity index (χ1) is 13.9. The van der Waals surface area contributed by atoms with Crippen molar-refractivity contribution in [1.29, 1.82) is 0 Å². The van der Waals surface area contributed by atoms with Crippen molar-refractivity contribution < 1.29 is 27.2 Å². The minimum Gasteiger partial charge on any atom is -0.368 e. The van der Waals surface area contributed by atoms with Gasteiger partial charge in [0, 0.05) is 12.7 Å². The Labute approximate surface area is 173 Å². The number of pyridine rings is 1. The molecular weight excluding hydrogens is 426 g/mol. The fourth-order valence-electron chi connectivity index (χ4n) is 3.16. The number of primary amides is 1. The monoisotopic (exact) mass is 445 g/mol. The summed E-state index contributed by atoms with van der Waals surface area (Å²) in [5.41, 5.74) is 1.66. The van der Waals surface area contributed by atoms with Crippen LogP contribution in [-0.4, -0.2) is 45.6 Å². The van der Waals surface area contributed by atoms with Gasteiger partial charge in [0.25, 0.3) is 0 Å². The van der Waals surface area contributed by atoms with Crippen LogP contribution in [0.2, 0.25) is 0 Å². The number of rotatable bonds is 4. The van der Waals surface area contributed by atoms with Crippen molar-refractivity contribution >= 4 is 28.4 Å². The van der Waals surface area contributed by atoms with Crippen LogP contribution in [0.15, 0.2) is 18.3 Å². The molecule has 0 saturated carbocycles. The normalized spacial score (nSPS) is 18.9. The second kappa shape index (κ2) is 7.82. The summed E-state index contributed by atoms with van der Waals surface area (Å²) in [6, 6.07) is 1.22. The summed E-state index contributed by atoms with van der Waals surface area (Å²) in [6.07, 6.45) is -2.91. The van der Waals surface area contributed by atoms with E-state index in [0.29, 0.717) is 42.4 Å². The zero-order valence-electron chi connectivity index (χ0n) is 16.1. The number of hydrogen-bond acceptors (Lipinski definition) is 5. The van der Waals surface area contributed by atoms with Crippen molar-refractivity contribution in [2.75, 3.05) is 11.9 Å². The summed E-state index contributed by atoms with van der Waals surface area (Å²) in [6.45, 7) is 2.40. The third-order valence-corrected chi connectivity index (χ3v) is 6.01. The number of aryl methyl sites for hydroxylation is 1. The molecular formula is C18H19F4N5O2S. The molecule has 2 aromatic heterocycles. The Morgan fingerprint density at radius 2 is 2.03 bits per heavy atom. The molecule has 30 heavy (non-hydrogen) atoms. The third kappa shape index (κ3) is 4.09. The van der Waals surface area contributed by atoms with Gasteiger partial charge in [0.05, 0.1) is 16.3 Å². The zero-order chi connectivity index (χ0) is 22.3. The average molecular weight is 445 g/mol. The van der Waals surface area contributed by atoms with Crippen LogP contribution in [0.4, 0.5) is 27.5 Å². The Kier molecular flexibility index (Phi) is 5.72. The van der Waals surface area contributed by atoms with Crippen LogP contribution >= 0.6 is 11.3 Å². The topological polar surface area (TPSA) is 101 Å². The summed E-state index contributed by atoms with van der Waals surface area (Å²) in [4.78, 5) is 33.5. The number of nitrogens with two attached hydrogens (primary N) is 1. The largest absolute Gasteiger partial charge is 0.428 e. The smallest absolute Gasteiger partial charge is 0.368 e. The molecule has 1 aliphatic rings. The second-order valence-electron chi connectivity index (χ2n) is 7.05. The number of thiazole rings is 1. The van der Waals surface area contributed by atoms with Gasteiger partial charge in [-0.25, -0.2) is 14.2 Å². The number of alkyl halides is 4. The maximum Gasteiger partial charge on any atom is 0.428 e. The molecule has 3 rings (SSSR count). The van der Waals surface area contributed by atoms with Crippen molar-refractivity contribution in [1.82, 2.24) is 14.9 Å². The average Bonchev–Trinajstić information content (AvgIpc) is 3.28. The van der Waals surface area contributed by atoms with Gasteiger partial charge in [-0.15, -0.1) is 0 Å². The minimum absolute atomic E-state index is 0.194.